The van der Waals surface area contributed by atoms with Gasteiger partial charge in [0.05, 0.1) is 0 Å². The van der Waals surface area contributed by atoms with Crippen LogP contribution in [0.1, 0.15) is 39.0 Å². The number of hydrogen-bond donors (Lipinski definition) is 2. The highest BCUT2D eigenvalue weighted by Crippen LogP contribution is 2.15. The van der Waals surface area contributed by atoms with Crippen molar-refractivity contribution in [1.29, 1.82) is 0 Å². The zero-order chi connectivity index (χ0) is 14.9. The van der Waals surface area contributed by atoms with Gasteiger partial charge in [0.2, 0.25) is 0 Å². The van der Waals surface area contributed by atoms with Crippen molar-refractivity contribution in [3.05, 3.63) is 0 Å². The molecule has 0 aliphatic rings. The van der Waals surface area contributed by atoms with E-state index in [0.717, 1.165) is 6.42 Å². The number of hydrogen-bond acceptors (Lipinski definition) is 2. The number of amides is 1. The van der Waals surface area contributed by atoms with Crippen molar-refractivity contribution in [1.82, 2.24) is 5.32 Å². The Balaban J connectivity index is 4.10. The summed E-state index contributed by atoms with van der Waals surface area (Å²) in [5.74, 6) is 1.84. The first-order chi connectivity index (χ1) is 8.79. The van der Waals surface area contributed by atoms with E-state index in [1.807, 2.05) is 0 Å². The van der Waals surface area contributed by atoms with Crippen LogP contribution in [0.25, 0.3) is 0 Å². The average molecular weight is 279 g/mol. The number of halogens is 3. The van der Waals surface area contributed by atoms with Crippen molar-refractivity contribution in [3.8, 4) is 11.8 Å². The van der Waals surface area contributed by atoms with Gasteiger partial charge in [0.25, 0.3) is 0 Å². The van der Waals surface area contributed by atoms with Crippen LogP contribution in [0.3, 0.4) is 0 Å². The molecule has 2 N–H and O–H groups in total. The number of nitrogens with one attached hydrogen (secondary N) is 1. The molecule has 0 heterocycles. The SMILES string of the molecule is CC#CCCCCC[C@H](NC(=O)C(F)(F)F)C(=O)O. The second kappa shape index (κ2) is 8.40. The van der Waals surface area contributed by atoms with Crippen LogP contribution in [-0.4, -0.2) is 29.2 Å². The molecule has 1 atom stereocenters. The number of alkyl halides is 3. The molecule has 0 radical (unpaired) electrons. The molecule has 108 valence electrons. The van der Waals surface area contributed by atoms with Gasteiger partial charge < -0.3 is 10.4 Å². The van der Waals surface area contributed by atoms with Gasteiger partial charge in [0.15, 0.2) is 0 Å². The Hall–Kier alpha value is -1.71. The van der Waals surface area contributed by atoms with Gasteiger partial charge in [-0.05, 0) is 19.8 Å². The van der Waals surface area contributed by atoms with Crippen LogP contribution >= 0.6 is 0 Å². The van der Waals surface area contributed by atoms with E-state index in [4.69, 9.17) is 5.11 Å². The van der Waals surface area contributed by atoms with Crippen LogP contribution in [0.15, 0.2) is 0 Å². The Labute approximate surface area is 109 Å². The summed E-state index contributed by atoms with van der Waals surface area (Å²) in [6, 6.07) is -1.51. The third kappa shape index (κ3) is 8.08. The number of carbonyl (C=O) groups is 2. The van der Waals surface area contributed by atoms with Gasteiger partial charge in [-0.15, -0.1) is 11.8 Å². The summed E-state index contributed by atoms with van der Waals surface area (Å²) in [5, 5.41) is 10.2. The Morgan fingerprint density at radius 2 is 1.89 bits per heavy atom. The first-order valence-corrected chi connectivity index (χ1v) is 5.79. The van der Waals surface area contributed by atoms with Gasteiger partial charge in [0, 0.05) is 6.42 Å². The monoisotopic (exact) mass is 279 g/mol. The van der Waals surface area contributed by atoms with E-state index in [0.29, 0.717) is 19.3 Å². The summed E-state index contributed by atoms with van der Waals surface area (Å²) in [6.45, 7) is 1.70. The Bertz CT molecular complexity index is 369. The maximum atomic E-state index is 12.0. The van der Waals surface area contributed by atoms with Gasteiger partial charge >= 0.3 is 18.1 Å². The lowest BCUT2D eigenvalue weighted by Crippen LogP contribution is -2.46. The summed E-state index contributed by atoms with van der Waals surface area (Å²) in [5.41, 5.74) is 0. The highest BCUT2D eigenvalue weighted by Gasteiger charge is 2.40. The standard InChI is InChI=1S/C12H16F3NO3/c1-2-3-4-5-6-7-8-9(10(17)18)16-11(19)12(13,14)15/h9H,4-8H2,1H3,(H,16,19)(H,17,18)/t9-/m0/s1. The summed E-state index contributed by atoms with van der Waals surface area (Å²) >= 11 is 0. The molecule has 0 aromatic rings. The van der Waals surface area contributed by atoms with Gasteiger partial charge in [-0.3, -0.25) is 4.79 Å². The molecule has 0 unspecified atom stereocenters. The molecule has 0 spiro atoms. The van der Waals surface area contributed by atoms with Gasteiger partial charge in [-0.2, -0.15) is 13.2 Å². The lowest BCUT2D eigenvalue weighted by atomic mass is 10.1. The normalized spacial score (nSPS) is 12.2. The Morgan fingerprint density at radius 3 is 2.37 bits per heavy atom. The van der Waals surface area contributed by atoms with Crippen LogP contribution in [0.2, 0.25) is 0 Å². The fourth-order valence-electron chi connectivity index (χ4n) is 1.36. The summed E-state index contributed by atoms with van der Waals surface area (Å²) in [7, 11) is 0. The second-order valence-electron chi connectivity index (χ2n) is 3.89. The molecule has 0 rings (SSSR count). The van der Waals surface area contributed by atoms with Crippen molar-refractivity contribution in [2.24, 2.45) is 0 Å². The van der Waals surface area contributed by atoms with Crippen molar-refractivity contribution in [2.75, 3.05) is 0 Å². The van der Waals surface area contributed by atoms with Crippen molar-refractivity contribution in [2.45, 2.75) is 51.2 Å². The van der Waals surface area contributed by atoms with Crippen LogP contribution in [0.5, 0.6) is 0 Å². The maximum absolute atomic E-state index is 12.0. The van der Waals surface area contributed by atoms with E-state index in [9.17, 15) is 22.8 Å². The Morgan fingerprint density at radius 1 is 1.26 bits per heavy atom. The number of carboxylic acid groups (broad SMARTS) is 1. The van der Waals surface area contributed by atoms with Crippen LogP contribution in [0, 0.1) is 11.8 Å². The number of unbranched alkanes of at least 4 members (excludes halogenated alkanes) is 3. The summed E-state index contributed by atoms with van der Waals surface area (Å²) < 4.78 is 35.9. The predicted octanol–water partition coefficient (Wildman–Crippen LogP) is 2.09. The average Bonchev–Trinajstić information content (AvgIpc) is 2.30. The molecule has 0 fully saturated rings. The molecule has 0 saturated heterocycles. The highest BCUT2D eigenvalue weighted by molar-refractivity contribution is 5.86. The molecule has 0 aliphatic carbocycles. The zero-order valence-corrected chi connectivity index (χ0v) is 10.5. The van der Waals surface area contributed by atoms with Crippen LogP contribution in [-0.2, 0) is 9.59 Å². The molecule has 0 aromatic carbocycles. The number of rotatable bonds is 7. The molecular weight excluding hydrogens is 263 g/mol. The molecule has 0 aliphatic heterocycles. The van der Waals surface area contributed by atoms with E-state index >= 15 is 0 Å². The Kier molecular flexibility index (Phi) is 7.65. The van der Waals surface area contributed by atoms with Gasteiger partial charge in [0.1, 0.15) is 6.04 Å². The third-order valence-electron chi connectivity index (χ3n) is 2.33. The predicted molar refractivity (Wildman–Crippen MR) is 62.2 cm³/mol. The fourth-order valence-corrected chi connectivity index (χ4v) is 1.36. The lowest BCUT2D eigenvalue weighted by molar-refractivity contribution is -0.175. The third-order valence-corrected chi connectivity index (χ3v) is 2.33. The van der Waals surface area contributed by atoms with Crippen molar-refractivity contribution in [3.63, 3.8) is 0 Å². The molecule has 4 nitrogen and oxygen atoms in total. The zero-order valence-electron chi connectivity index (χ0n) is 10.5. The molecule has 0 aromatic heterocycles. The number of carbonyl (C=O) groups excluding carboxylic acids is 1. The second-order valence-corrected chi connectivity index (χ2v) is 3.89. The van der Waals surface area contributed by atoms with E-state index in [-0.39, 0.29) is 6.42 Å². The molecule has 19 heavy (non-hydrogen) atoms. The van der Waals surface area contributed by atoms with E-state index < -0.39 is 24.1 Å². The maximum Gasteiger partial charge on any atom is 0.471 e. The molecular formula is C12H16F3NO3. The lowest BCUT2D eigenvalue weighted by Gasteiger charge is -2.15. The molecule has 1 amide bonds. The molecule has 7 heteroatoms. The largest absolute Gasteiger partial charge is 0.480 e. The summed E-state index contributed by atoms with van der Waals surface area (Å²) in [6.07, 6.45) is -2.61. The smallest absolute Gasteiger partial charge is 0.471 e. The summed E-state index contributed by atoms with van der Waals surface area (Å²) in [4.78, 5) is 21.4. The quantitative estimate of drug-likeness (QED) is 0.554. The van der Waals surface area contributed by atoms with Gasteiger partial charge in [-0.25, -0.2) is 4.79 Å². The van der Waals surface area contributed by atoms with Crippen LogP contribution < -0.4 is 5.32 Å². The topological polar surface area (TPSA) is 66.4 Å². The molecule has 0 bridgehead atoms. The van der Waals surface area contributed by atoms with Crippen molar-refractivity contribution < 1.29 is 27.9 Å². The van der Waals surface area contributed by atoms with E-state index in [1.54, 1.807) is 6.92 Å². The van der Waals surface area contributed by atoms with Crippen LogP contribution in [0.4, 0.5) is 13.2 Å². The van der Waals surface area contributed by atoms with E-state index in [2.05, 4.69) is 11.8 Å². The number of carboxylic acids is 1. The molecule has 0 saturated carbocycles. The highest BCUT2D eigenvalue weighted by atomic mass is 19.4. The van der Waals surface area contributed by atoms with Gasteiger partial charge in [-0.1, -0.05) is 12.8 Å². The van der Waals surface area contributed by atoms with Crippen molar-refractivity contribution >= 4 is 11.9 Å². The first kappa shape index (κ1) is 17.3. The minimum absolute atomic E-state index is 0.0310. The first-order valence-electron chi connectivity index (χ1n) is 5.79. The van der Waals surface area contributed by atoms with E-state index in [1.165, 1.54) is 5.32 Å². The minimum Gasteiger partial charge on any atom is -0.480 e. The minimum atomic E-state index is -5.07. The fraction of sp³-hybridized carbons (Fsp3) is 0.667. The number of aliphatic carboxylic acids is 1.